The summed E-state index contributed by atoms with van der Waals surface area (Å²) in [4.78, 5) is 35.1. The monoisotopic (exact) mass is 523 g/mol. The summed E-state index contributed by atoms with van der Waals surface area (Å²) in [5.41, 5.74) is 7.07. The minimum absolute atomic E-state index is 0.0188. The molecule has 10 nitrogen and oxygen atoms in total. The molecule has 1 aliphatic heterocycles. The van der Waals surface area contributed by atoms with Crippen LogP contribution in [0.1, 0.15) is 30.9 Å². The zero-order chi connectivity index (χ0) is 27.5. The Labute approximate surface area is 225 Å². The predicted molar refractivity (Wildman–Crippen MR) is 149 cm³/mol. The number of imidazole rings is 1. The lowest BCUT2D eigenvalue weighted by atomic mass is 10.1. The van der Waals surface area contributed by atoms with E-state index in [9.17, 15) is 14.9 Å². The largest absolute Gasteiger partial charge is 0.495 e. The van der Waals surface area contributed by atoms with Crippen LogP contribution < -0.4 is 26.6 Å². The zero-order valence-corrected chi connectivity index (χ0v) is 21.9. The molecule has 39 heavy (non-hydrogen) atoms. The lowest BCUT2D eigenvalue weighted by Crippen LogP contribution is -2.44. The fourth-order valence-corrected chi connectivity index (χ4v) is 5.09. The van der Waals surface area contributed by atoms with E-state index in [4.69, 9.17) is 15.5 Å². The molecule has 10 heteroatoms. The Morgan fingerprint density at radius 3 is 2.62 bits per heavy atom. The number of hydrogen-bond acceptors (Lipinski definition) is 7. The number of hydrogen-bond donors (Lipinski definition) is 1. The Morgan fingerprint density at radius 1 is 1.13 bits per heavy atom. The Bertz CT molecular complexity index is 1750. The predicted octanol–water partition coefficient (Wildman–Crippen LogP) is 2.23. The lowest BCUT2D eigenvalue weighted by Gasteiger charge is -2.31. The lowest BCUT2D eigenvalue weighted by molar-refractivity contribution is 0.412. The first-order chi connectivity index (χ1) is 19.0. The third kappa shape index (κ3) is 4.67. The molecule has 2 aromatic carbocycles. The molecule has 1 fully saturated rings. The third-order valence-electron chi connectivity index (χ3n) is 6.95. The van der Waals surface area contributed by atoms with Crippen molar-refractivity contribution < 1.29 is 4.74 Å². The number of nitrogens with zero attached hydrogens (tertiary/aromatic N) is 6. The first-order valence-electron chi connectivity index (χ1n) is 12.8. The van der Waals surface area contributed by atoms with Crippen molar-refractivity contribution in [3.63, 3.8) is 0 Å². The van der Waals surface area contributed by atoms with Crippen LogP contribution in [0.5, 0.6) is 5.75 Å². The number of ether oxygens (including phenoxy) is 1. The van der Waals surface area contributed by atoms with Crippen LogP contribution in [0.25, 0.3) is 16.9 Å². The summed E-state index contributed by atoms with van der Waals surface area (Å²) in [6, 6.07) is 16.3. The molecule has 0 radical (unpaired) electrons. The number of methoxy groups -OCH3 is 1. The quantitative estimate of drug-likeness (QED) is 0.384. The Balaban J connectivity index is 1.83. The highest BCUT2D eigenvalue weighted by Crippen LogP contribution is 2.25. The summed E-state index contributed by atoms with van der Waals surface area (Å²) in [7, 11) is 1.47. The number of nitriles is 1. The van der Waals surface area contributed by atoms with Crippen LogP contribution >= 0.6 is 0 Å². The molecule has 198 valence electrons. The van der Waals surface area contributed by atoms with Gasteiger partial charge in [0.25, 0.3) is 5.56 Å². The topological polar surface area (TPSA) is 124 Å². The Kier molecular flexibility index (Phi) is 7.22. The summed E-state index contributed by atoms with van der Waals surface area (Å²) in [6.45, 7) is 3.16. The first kappa shape index (κ1) is 25.8. The van der Waals surface area contributed by atoms with Crippen molar-refractivity contribution in [2.75, 3.05) is 25.1 Å². The van der Waals surface area contributed by atoms with Gasteiger partial charge in [-0.1, -0.05) is 36.3 Å². The minimum atomic E-state index is -0.557. The van der Waals surface area contributed by atoms with Crippen LogP contribution in [0, 0.1) is 23.2 Å². The molecular weight excluding hydrogens is 494 g/mol. The molecule has 0 saturated carbocycles. The molecule has 2 aromatic heterocycles. The SMILES string of the molecule is CC#CCn1c(N2CCC[C@@H](N)C2)nc2c1c(=O)n(Cc1cccc(OC)c1C#N)c(=O)n2-c1ccccc1. The van der Waals surface area contributed by atoms with E-state index in [1.165, 1.54) is 11.7 Å². The van der Waals surface area contributed by atoms with Crippen molar-refractivity contribution >= 4 is 17.1 Å². The molecule has 0 unspecified atom stereocenters. The second kappa shape index (κ2) is 10.9. The maximum atomic E-state index is 14.1. The van der Waals surface area contributed by atoms with E-state index >= 15 is 0 Å². The normalized spacial score (nSPS) is 15.0. The molecule has 1 saturated heterocycles. The maximum Gasteiger partial charge on any atom is 0.337 e. The number of aromatic nitrogens is 4. The van der Waals surface area contributed by atoms with Crippen LogP contribution in [0.3, 0.4) is 0 Å². The standard InChI is InChI=1S/C29H29N7O3/c1-3-4-16-34-25-26(32-28(34)33-15-9-11-21(31)19-33)36(22-12-6-5-7-13-22)29(38)35(27(25)37)18-20-10-8-14-24(39-2)23(20)17-30/h5-8,10,12-14,21H,9,11,15-16,18-19,31H2,1-2H3/t21-/m1/s1. The molecule has 0 amide bonds. The maximum absolute atomic E-state index is 14.1. The summed E-state index contributed by atoms with van der Waals surface area (Å²) in [5.74, 6) is 6.89. The molecular formula is C29H29N7O3. The number of nitrogens with two attached hydrogens (primary N) is 1. The van der Waals surface area contributed by atoms with Gasteiger partial charge < -0.3 is 15.4 Å². The van der Waals surface area contributed by atoms with Gasteiger partial charge in [0, 0.05) is 19.1 Å². The minimum Gasteiger partial charge on any atom is -0.495 e. The van der Waals surface area contributed by atoms with Crippen molar-refractivity contribution in [1.82, 2.24) is 18.7 Å². The average molecular weight is 524 g/mol. The summed E-state index contributed by atoms with van der Waals surface area (Å²) in [5, 5.41) is 9.82. The van der Waals surface area contributed by atoms with Crippen LogP contribution in [0.2, 0.25) is 0 Å². The molecule has 0 aliphatic carbocycles. The number of para-hydroxylation sites is 1. The Morgan fingerprint density at radius 2 is 1.92 bits per heavy atom. The van der Waals surface area contributed by atoms with Gasteiger partial charge in [-0.3, -0.25) is 13.9 Å². The van der Waals surface area contributed by atoms with Gasteiger partial charge in [0.2, 0.25) is 5.95 Å². The third-order valence-corrected chi connectivity index (χ3v) is 6.95. The van der Waals surface area contributed by atoms with Gasteiger partial charge in [-0.2, -0.15) is 10.2 Å². The van der Waals surface area contributed by atoms with Crippen molar-refractivity contribution in [3.05, 3.63) is 80.5 Å². The summed E-state index contributed by atoms with van der Waals surface area (Å²) >= 11 is 0. The molecule has 5 rings (SSSR count). The number of fused-ring (bicyclic) bond motifs is 1. The van der Waals surface area contributed by atoms with E-state index in [-0.39, 0.29) is 35.9 Å². The van der Waals surface area contributed by atoms with Crippen molar-refractivity contribution in [3.8, 4) is 29.3 Å². The van der Waals surface area contributed by atoms with Crippen molar-refractivity contribution in [2.45, 2.75) is 38.9 Å². The zero-order valence-electron chi connectivity index (χ0n) is 21.9. The molecule has 2 N–H and O–H groups in total. The van der Waals surface area contributed by atoms with Crippen molar-refractivity contribution in [1.29, 1.82) is 5.26 Å². The number of piperidine rings is 1. The van der Waals surface area contributed by atoms with Gasteiger partial charge in [0.1, 0.15) is 11.8 Å². The van der Waals surface area contributed by atoms with E-state index in [1.807, 2.05) is 18.2 Å². The Hall–Kier alpha value is -4.80. The number of rotatable bonds is 6. The van der Waals surface area contributed by atoms with Crippen LogP contribution in [-0.4, -0.2) is 44.9 Å². The van der Waals surface area contributed by atoms with Gasteiger partial charge in [-0.05, 0) is 43.5 Å². The van der Waals surface area contributed by atoms with Gasteiger partial charge in [0.05, 0.1) is 31.5 Å². The second-order valence-corrected chi connectivity index (χ2v) is 9.40. The van der Waals surface area contributed by atoms with E-state index < -0.39 is 11.2 Å². The van der Waals surface area contributed by atoms with Gasteiger partial charge in [-0.15, -0.1) is 5.92 Å². The molecule has 1 aliphatic rings. The van der Waals surface area contributed by atoms with Crippen molar-refractivity contribution in [2.24, 2.45) is 5.73 Å². The molecule has 0 bridgehead atoms. The first-order valence-corrected chi connectivity index (χ1v) is 12.8. The van der Waals surface area contributed by atoms with Crippen LogP contribution in [-0.2, 0) is 13.1 Å². The highest BCUT2D eigenvalue weighted by molar-refractivity contribution is 5.77. The number of benzene rings is 2. The van der Waals surface area contributed by atoms with Crippen LogP contribution in [0.4, 0.5) is 5.95 Å². The average Bonchev–Trinajstić information content (AvgIpc) is 3.33. The second-order valence-electron chi connectivity index (χ2n) is 9.40. The fourth-order valence-electron chi connectivity index (χ4n) is 5.09. The molecule has 3 heterocycles. The van der Waals surface area contributed by atoms with E-state index in [1.54, 1.807) is 41.8 Å². The summed E-state index contributed by atoms with van der Waals surface area (Å²) < 4.78 is 9.72. The number of anilines is 1. The summed E-state index contributed by atoms with van der Waals surface area (Å²) in [6.07, 6.45) is 1.81. The van der Waals surface area contributed by atoms with E-state index in [2.05, 4.69) is 22.8 Å². The smallest absolute Gasteiger partial charge is 0.337 e. The van der Waals surface area contributed by atoms with E-state index in [0.717, 1.165) is 24.0 Å². The highest BCUT2D eigenvalue weighted by atomic mass is 16.5. The van der Waals surface area contributed by atoms with Crippen LogP contribution in [0.15, 0.2) is 58.1 Å². The van der Waals surface area contributed by atoms with E-state index in [0.29, 0.717) is 29.5 Å². The van der Waals surface area contributed by atoms with Gasteiger partial charge >= 0.3 is 5.69 Å². The van der Waals surface area contributed by atoms with Gasteiger partial charge in [0.15, 0.2) is 11.2 Å². The molecule has 4 aromatic rings. The fraction of sp³-hybridized carbons (Fsp3) is 0.310. The highest BCUT2D eigenvalue weighted by Gasteiger charge is 2.27. The molecule has 0 spiro atoms. The molecule has 1 atom stereocenters. The van der Waals surface area contributed by atoms with Gasteiger partial charge in [-0.25, -0.2) is 9.36 Å².